The summed E-state index contributed by atoms with van der Waals surface area (Å²) in [4.78, 5) is 1.21. The van der Waals surface area contributed by atoms with Gasteiger partial charge < -0.3 is 10.2 Å². The summed E-state index contributed by atoms with van der Waals surface area (Å²) >= 11 is 1.95. The molecule has 0 aliphatic rings. The van der Waals surface area contributed by atoms with Crippen LogP contribution in [0.2, 0.25) is 0 Å². The van der Waals surface area contributed by atoms with Crippen molar-refractivity contribution in [2.24, 2.45) is 0 Å². The van der Waals surface area contributed by atoms with Gasteiger partial charge in [0.15, 0.2) is 0 Å². The van der Waals surface area contributed by atoms with Crippen LogP contribution in [0.4, 0.5) is 0 Å². The SMILES string of the molecule is CCCCCC(CCCCCCO)(Sc1ccc(O)cc1)c1ccccc1. The number of thioether (sulfide) groups is 1. The number of aromatic hydroxyl groups is 1. The summed E-state index contributed by atoms with van der Waals surface area (Å²) in [6, 6.07) is 18.6. The highest BCUT2D eigenvalue weighted by atomic mass is 32.2. The second-order valence-electron chi connectivity index (χ2n) is 7.30. The maximum absolute atomic E-state index is 9.64. The van der Waals surface area contributed by atoms with Crippen molar-refractivity contribution in [3.05, 3.63) is 60.2 Å². The van der Waals surface area contributed by atoms with Crippen molar-refractivity contribution >= 4 is 11.8 Å². The smallest absolute Gasteiger partial charge is 0.115 e. The van der Waals surface area contributed by atoms with Crippen LogP contribution in [-0.2, 0) is 4.75 Å². The average molecular weight is 387 g/mol. The predicted molar refractivity (Wildman–Crippen MR) is 116 cm³/mol. The molecule has 0 amide bonds. The highest BCUT2D eigenvalue weighted by Crippen LogP contribution is 2.49. The van der Waals surface area contributed by atoms with E-state index in [4.69, 9.17) is 5.11 Å². The molecule has 2 rings (SSSR count). The lowest BCUT2D eigenvalue weighted by molar-refractivity contribution is 0.281. The molecule has 3 heteroatoms. The molecule has 0 saturated heterocycles. The lowest BCUT2D eigenvalue weighted by Gasteiger charge is -2.34. The van der Waals surface area contributed by atoms with Crippen molar-refractivity contribution in [1.82, 2.24) is 0 Å². The van der Waals surface area contributed by atoms with Gasteiger partial charge in [-0.25, -0.2) is 0 Å². The average Bonchev–Trinajstić information content (AvgIpc) is 2.70. The highest BCUT2D eigenvalue weighted by Gasteiger charge is 2.32. The van der Waals surface area contributed by atoms with Gasteiger partial charge in [-0.3, -0.25) is 0 Å². The summed E-state index contributed by atoms with van der Waals surface area (Å²) in [7, 11) is 0. The van der Waals surface area contributed by atoms with Crippen molar-refractivity contribution in [1.29, 1.82) is 0 Å². The van der Waals surface area contributed by atoms with Gasteiger partial charge in [0, 0.05) is 16.2 Å². The molecule has 0 saturated carbocycles. The molecule has 2 N–H and O–H groups in total. The van der Waals surface area contributed by atoms with Crippen LogP contribution in [0.15, 0.2) is 59.5 Å². The van der Waals surface area contributed by atoms with Crippen molar-refractivity contribution in [3.63, 3.8) is 0 Å². The van der Waals surface area contributed by atoms with Gasteiger partial charge in [-0.1, -0.05) is 75.8 Å². The highest BCUT2D eigenvalue weighted by molar-refractivity contribution is 8.00. The van der Waals surface area contributed by atoms with E-state index in [0.717, 1.165) is 25.7 Å². The third kappa shape index (κ3) is 7.23. The third-order valence-electron chi connectivity index (χ3n) is 5.12. The first kappa shape index (κ1) is 21.8. The molecule has 27 heavy (non-hydrogen) atoms. The maximum atomic E-state index is 9.64. The minimum atomic E-state index is 0.0621. The number of aliphatic hydroxyl groups is 1. The number of unbranched alkanes of at least 4 members (excludes halogenated alkanes) is 5. The summed E-state index contributed by atoms with van der Waals surface area (Å²) in [5.74, 6) is 0.319. The van der Waals surface area contributed by atoms with E-state index in [9.17, 15) is 5.11 Å². The number of benzene rings is 2. The Balaban J connectivity index is 2.24. The molecule has 0 aromatic heterocycles. The van der Waals surface area contributed by atoms with E-state index in [1.54, 1.807) is 12.1 Å². The van der Waals surface area contributed by atoms with Crippen LogP contribution in [0, 0.1) is 0 Å². The van der Waals surface area contributed by atoms with E-state index < -0.39 is 0 Å². The topological polar surface area (TPSA) is 40.5 Å². The van der Waals surface area contributed by atoms with Gasteiger partial charge in [0.1, 0.15) is 5.75 Å². The summed E-state index contributed by atoms with van der Waals surface area (Å²) < 4.78 is 0.0621. The Morgan fingerprint density at radius 1 is 0.778 bits per heavy atom. The second kappa shape index (κ2) is 12.1. The molecular formula is C24H34O2S. The fourth-order valence-corrected chi connectivity index (χ4v) is 5.06. The Hall–Kier alpha value is -1.45. The maximum Gasteiger partial charge on any atom is 0.115 e. The Kier molecular flexibility index (Phi) is 9.79. The normalized spacial score (nSPS) is 13.4. The molecule has 0 aliphatic heterocycles. The quantitative estimate of drug-likeness (QED) is 0.290. The Morgan fingerprint density at radius 3 is 2.04 bits per heavy atom. The van der Waals surface area contributed by atoms with E-state index in [0.29, 0.717) is 12.4 Å². The largest absolute Gasteiger partial charge is 0.508 e. The molecule has 0 heterocycles. The molecule has 0 radical (unpaired) electrons. The van der Waals surface area contributed by atoms with Gasteiger partial charge in [0.2, 0.25) is 0 Å². The summed E-state index contributed by atoms with van der Waals surface area (Å²) in [6.45, 7) is 2.55. The van der Waals surface area contributed by atoms with Gasteiger partial charge in [0.05, 0.1) is 0 Å². The number of hydrogen-bond donors (Lipinski definition) is 2. The molecule has 2 aromatic rings. The molecule has 2 nitrogen and oxygen atoms in total. The minimum Gasteiger partial charge on any atom is -0.508 e. The Morgan fingerprint density at radius 2 is 1.41 bits per heavy atom. The first-order valence-electron chi connectivity index (χ1n) is 10.3. The number of phenolic OH excluding ortho intramolecular Hbond substituents is 1. The number of rotatable bonds is 13. The van der Waals surface area contributed by atoms with Crippen LogP contribution >= 0.6 is 11.8 Å². The summed E-state index contributed by atoms with van der Waals surface area (Å²) in [5, 5.41) is 18.7. The van der Waals surface area contributed by atoms with E-state index in [1.807, 2.05) is 23.9 Å². The monoisotopic (exact) mass is 386 g/mol. The van der Waals surface area contributed by atoms with Crippen LogP contribution in [0.3, 0.4) is 0 Å². The standard InChI is InChI=1S/C24H34O2S/c1-2-3-9-18-24(19-10-4-5-11-20-25,21-12-7-6-8-13-21)27-23-16-14-22(26)15-17-23/h6-8,12-17,25-26H,2-5,9-11,18-20H2,1H3. The van der Waals surface area contributed by atoms with Crippen LogP contribution in [0.5, 0.6) is 5.75 Å². The van der Waals surface area contributed by atoms with Crippen LogP contribution in [0.25, 0.3) is 0 Å². The molecular weight excluding hydrogens is 352 g/mol. The van der Waals surface area contributed by atoms with Gasteiger partial charge >= 0.3 is 0 Å². The molecule has 0 spiro atoms. The van der Waals surface area contributed by atoms with E-state index in [1.165, 1.54) is 42.6 Å². The van der Waals surface area contributed by atoms with Gasteiger partial charge in [-0.2, -0.15) is 0 Å². The van der Waals surface area contributed by atoms with Gasteiger partial charge in [0.25, 0.3) is 0 Å². The van der Waals surface area contributed by atoms with Crippen molar-refractivity contribution < 1.29 is 10.2 Å². The lowest BCUT2D eigenvalue weighted by atomic mass is 9.87. The zero-order valence-electron chi connectivity index (χ0n) is 16.6. The number of aliphatic hydroxyl groups excluding tert-OH is 1. The number of phenols is 1. The summed E-state index contributed by atoms with van der Waals surface area (Å²) in [5.41, 5.74) is 1.40. The fourth-order valence-electron chi connectivity index (χ4n) is 3.59. The Bertz CT molecular complexity index is 627. The van der Waals surface area contributed by atoms with Crippen LogP contribution < -0.4 is 0 Å². The minimum absolute atomic E-state index is 0.0621. The van der Waals surface area contributed by atoms with Crippen molar-refractivity contribution in [2.75, 3.05) is 6.61 Å². The number of hydrogen-bond acceptors (Lipinski definition) is 3. The van der Waals surface area contributed by atoms with E-state index in [-0.39, 0.29) is 4.75 Å². The van der Waals surface area contributed by atoms with Crippen molar-refractivity contribution in [2.45, 2.75) is 74.4 Å². The van der Waals surface area contributed by atoms with Crippen LogP contribution in [0.1, 0.15) is 70.3 Å². The zero-order chi connectivity index (χ0) is 19.4. The fraction of sp³-hybridized carbons (Fsp3) is 0.500. The third-order valence-corrected chi connectivity index (χ3v) is 6.67. The first-order chi connectivity index (χ1) is 13.2. The van der Waals surface area contributed by atoms with Crippen molar-refractivity contribution in [3.8, 4) is 5.75 Å². The van der Waals surface area contributed by atoms with Gasteiger partial charge in [-0.05, 0) is 49.1 Å². The molecule has 148 valence electrons. The summed E-state index contributed by atoms with van der Waals surface area (Å²) in [6.07, 6.45) is 10.4. The lowest BCUT2D eigenvalue weighted by Crippen LogP contribution is -2.22. The first-order valence-corrected chi connectivity index (χ1v) is 11.2. The van der Waals surface area contributed by atoms with E-state index in [2.05, 4.69) is 37.3 Å². The molecule has 0 fully saturated rings. The zero-order valence-corrected chi connectivity index (χ0v) is 17.4. The molecule has 0 aliphatic carbocycles. The molecule has 1 unspecified atom stereocenters. The van der Waals surface area contributed by atoms with E-state index >= 15 is 0 Å². The van der Waals surface area contributed by atoms with Gasteiger partial charge in [-0.15, -0.1) is 11.8 Å². The predicted octanol–water partition coefficient (Wildman–Crippen LogP) is 6.90. The Labute approximate surface area is 169 Å². The molecule has 0 bridgehead atoms. The van der Waals surface area contributed by atoms with Crippen LogP contribution in [-0.4, -0.2) is 16.8 Å². The molecule has 1 atom stereocenters. The second-order valence-corrected chi connectivity index (χ2v) is 8.76. The molecule has 2 aromatic carbocycles.